The largest absolute Gasteiger partial charge is 0.354 e. The third-order valence-corrected chi connectivity index (χ3v) is 4.42. The van der Waals surface area contributed by atoms with Gasteiger partial charge in [-0.15, -0.1) is 0 Å². The van der Waals surface area contributed by atoms with Crippen molar-refractivity contribution in [2.45, 2.75) is 27.2 Å². The molecule has 0 spiro atoms. The van der Waals surface area contributed by atoms with E-state index in [0.29, 0.717) is 5.56 Å². The third kappa shape index (κ3) is 4.28. The summed E-state index contributed by atoms with van der Waals surface area (Å²) < 4.78 is 0. The van der Waals surface area contributed by atoms with Gasteiger partial charge in [-0.3, -0.25) is 9.78 Å². The maximum absolute atomic E-state index is 12.5. The molecule has 0 aliphatic heterocycles. The summed E-state index contributed by atoms with van der Waals surface area (Å²) in [5.74, 6) is -0.175. The zero-order chi connectivity index (χ0) is 18.5. The highest BCUT2D eigenvalue weighted by molar-refractivity contribution is 6.04. The summed E-state index contributed by atoms with van der Waals surface area (Å²) >= 11 is 0. The Morgan fingerprint density at radius 3 is 2.31 bits per heavy atom. The molecule has 1 amide bonds. The van der Waals surface area contributed by atoms with E-state index in [1.807, 2.05) is 44.2 Å². The molecule has 3 rings (SSSR count). The first-order chi connectivity index (χ1) is 12.5. The van der Waals surface area contributed by atoms with E-state index in [-0.39, 0.29) is 5.91 Å². The molecule has 0 radical (unpaired) electrons. The lowest BCUT2D eigenvalue weighted by Gasteiger charge is -2.10. The van der Waals surface area contributed by atoms with Gasteiger partial charge in [0, 0.05) is 17.6 Å². The molecular weight excluding hydrogens is 322 g/mol. The minimum Gasteiger partial charge on any atom is -0.354 e. The number of carbonyl (C=O) groups is 1. The monoisotopic (exact) mass is 345 g/mol. The summed E-state index contributed by atoms with van der Waals surface area (Å²) in [4.78, 5) is 16.7. The fourth-order valence-electron chi connectivity index (χ4n) is 2.65. The van der Waals surface area contributed by atoms with E-state index in [4.69, 9.17) is 0 Å². The Kier molecular flexibility index (Phi) is 5.32. The number of amides is 1. The summed E-state index contributed by atoms with van der Waals surface area (Å²) in [5, 5.41) is 6.21. The summed E-state index contributed by atoms with van der Waals surface area (Å²) in [5.41, 5.74) is 6.68. The van der Waals surface area contributed by atoms with Crippen molar-refractivity contribution in [3.8, 4) is 0 Å². The Morgan fingerprint density at radius 2 is 1.62 bits per heavy atom. The van der Waals surface area contributed by atoms with E-state index in [9.17, 15) is 4.79 Å². The molecule has 2 N–H and O–H groups in total. The zero-order valence-corrected chi connectivity index (χ0v) is 15.3. The van der Waals surface area contributed by atoms with Gasteiger partial charge in [-0.05, 0) is 67.3 Å². The van der Waals surface area contributed by atoms with Crippen LogP contribution in [-0.2, 0) is 6.42 Å². The molecule has 0 unspecified atom stereocenters. The smallest absolute Gasteiger partial charge is 0.257 e. The second kappa shape index (κ2) is 7.83. The van der Waals surface area contributed by atoms with Gasteiger partial charge in [-0.25, -0.2) is 0 Å². The van der Waals surface area contributed by atoms with Crippen molar-refractivity contribution in [3.05, 3.63) is 83.2 Å². The van der Waals surface area contributed by atoms with Gasteiger partial charge in [0.2, 0.25) is 0 Å². The molecule has 2 aromatic carbocycles. The highest BCUT2D eigenvalue weighted by atomic mass is 16.1. The van der Waals surface area contributed by atoms with Crippen LogP contribution in [0.15, 0.2) is 60.9 Å². The maximum Gasteiger partial charge on any atom is 0.257 e. The predicted molar refractivity (Wildman–Crippen MR) is 107 cm³/mol. The summed E-state index contributed by atoms with van der Waals surface area (Å²) in [7, 11) is 0. The van der Waals surface area contributed by atoms with Crippen molar-refractivity contribution in [2.24, 2.45) is 0 Å². The molecule has 0 atom stereocenters. The van der Waals surface area contributed by atoms with Gasteiger partial charge < -0.3 is 10.6 Å². The molecule has 3 aromatic rings. The van der Waals surface area contributed by atoms with Crippen molar-refractivity contribution in [2.75, 3.05) is 10.6 Å². The van der Waals surface area contributed by atoms with Crippen LogP contribution >= 0.6 is 0 Å². The number of carbonyl (C=O) groups excluding carboxylic acids is 1. The highest BCUT2D eigenvalue weighted by Gasteiger charge is 2.08. The van der Waals surface area contributed by atoms with Crippen molar-refractivity contribution in [3.63, 3.8) is 0 Å². The first-order valence-corrected chi connectivity index (χ1v) is 8.75. The number of rotatable bonds is 5. The highest BCUT2D eigenvalue weighted by Crippen LogP contribution is 2.19. The van der Waals surface area contributed by atoms with Crippen LogP contribution in [0.1, 0.15) is 34.0 Å². The molecule has 1 aromatic heterocycles. The Balaban J connectivity index is 1.73. The number of aryl methyl sites for hydroxylation is 3. The molecule has 0 saturated carbocycles. The predicted octanol–water partition coefficient (Wildman–Crippen LogP) is 5.26. The van der Waals surface area contributed by atoms with Gasteiger partial charge in [0.25, 0.3) is 5.91 Å². The molecule has 0 aliphatic carbocycles. The van der Waals surface area contributed by atoms with E-state index in [1.54, 1.807) is 18.5 Å². The number of nitrogens with one attached hydrogen (secondary N) is 2. The Labute approximate surface area is 154 Å². The SMILES string of the molecule is CCc1ccc(Nc2cncc(C(=O)Nc3ccc(C)c(C)c3)c2)cc1. The average molecular weight is 345 g/mol. The number of benzene rings is 2. The summed E-state index contributed by atoms with van der Waals surface area (Å²) in [6, 6.07) is 15.9. The van der Waals surface area contributed by atoms with Crippen molar-refractivity contribution in [1.29, 1.82) is 0 Å². The van der Waals surface area contributed by atoms with E-state index < -0.39 is 0 Å². The molecule has 4 nitrogen and oxygen atoms in total. The molecule has 132 valence electrons. The molecule has 4 heteroatoms. The van der Waals surface area contributed by atoms with Gasteiger partial charge in [-0.1, -0.05) is 25.1 Å². The van der Waals surface area contributed by atoms with E-state index in [0.717, 1.165) is 29.0 Å². The van der Waals surface area contributed by atoms with Crippen molar-refractivity contribution in [1.82, 2.24) is 4.98 Å². The van der Waals surface area contributed by atoms with Gasteiger partial charge in [0.1, 0.15) is 0 Å². The Morgan fingerprint density at radius 1 is 0.885 bits per heavy atom. The van der Waals surface area contributed by atoms with Crippen LogP contribution in [-0.4, -0.2) is 10.9 Å². The van der Waals surface area contributed by atoms with Gasteiger partial charge in [-0.2, -0.15) is 0 Å². The second-order valence-electron chi connectivity index (χ2n) is 6.39. The fourth-order valence-corrected chi connectivity index (χ4v) is 2.65. The van der Waals surface area contributed by atoms with Crippen LogP contribution < -0.4 is 10.6 Å². The van der Waals surface area contributed by atoms with E-state index >= 15 is 0 Å². The maximum atomic E-state index is 12.5. The quantitative estimate of drug-likeness (QED) is 0.663. The number of anilines is 3. The number of nitrogens with zero attached hydrogens (tertiary/aromatic N) is 1. The molecule has 1 heterocycles. The molecule has 26 heavy (non-hydrogen) atoms. The van der Waals surface area contributed by atoms with Crippen LogP contribution in [0.3, 0.4) is 0 Å². The van der Waals surface area contributed by atoms with Gasteiger partial charge in [0.15, 0.2) is 0 Å². The van der Waals surface area contributed by atoms with Crippen LogP contribution in [0.25, 0.3) is 0 Å². The third-order valence-electron chi connectivity index (χ3n) is 4.42. The van der Waals surface area contributed by atoms with Crippen molar-refractivity contribution >= 4 is 23.0 Å². The van der Waals surface area contributed by atoms with Crippen LogP contribution in [0.5, 0.6) is 0 Å². The molecule has 0 saturated heterocycles. The van der Waals surface area contributed by atoms with Gasteiger partial charge >= 0.3 is 0 Å². The van der Waals surface area contributed by atoms with Crippen LogP contribution in [0.2, 0.25) is 0 Å². The molecular formula is C22H23N3O. The number of hydrogen-bond donors (Lipinski definition) is 2. The lowest BCUT2D eigenvalue weighted by atomic mass is 10.1. The molecule has 0 aliphatic rings. The minimum atomic E-state index is -0.175. The first-order valence-electron chi connectivity index (χ1n) is 8.75. The van der Waals surface area contributed by atoms with Gasteiger partial charge in [0.05, 0.1) is 17.4 Å². The lowest BCUT2D eigenvalue weighted by Crippen LogP contribution is -2.12. The standard InChI is InChI=1S/C22H23N3O/c1-4-17-6-9-19(10-7-17)24-21-12-18(13-23-14-21)22(26)25-20-8-5-15(2)16(3)11-20/h5-14,24H,4H2,1-3H3,(H,25,26). The minimum absolute atomic E-state index is 0.175. The number of hydrogen-bond acceptors (Lipinski definition) is 3. The topological polar surface area (TPSA) is 54.0 Å². The average Bonchev–Trinajstić information content (AvgIpc) is 2.65. The molecule has 0 bridgehead atoms. The normalized spacial score (nSPS) is 10.4. The van der Waals surface area contributed by atoms with Crippen molar-refractivity contribution < 1.29 is 4.79 Å². The fraction of sp³-hybridized carbons (Fsp3) is 0.182. The Bertz CT molecular complexity index is 917. The number of aromatic nitrogens is 1. The first kappa shape index (κ1) is 17.7. The Hall–Kier alpha value is -3.14. The summed E-state index contributed by atoms with van der Waals surface area (Å²) in [6.07, 6.45) is 4.29. The van der Waals surface area contributed by atoms with E-state index in [2.05, 4.69) is 34.7 Å². The second-order valence-corrected chi connectivity index (χ2v) is 6.39. The van der Waals surface area contributed by atoms with E-state index in [1.165, 1.54) is 11.1 Å². The van der Waals surface area contributed by atoms with Crippen LogP contribution in [0.4, 0.5) is 17.1 Å². The lowest BCUT2D eigenvalue weighted by molar-refractivity contribution is 0.102. The summed E-state index contributed by atoms with van der Waals surface area (Å²) in [6.45, 7) is 6.21. The zero-order valence-electron chi connectivity index (χ0n) is 15.3. The molecule has 0 fully saturated rings. The number of pyridine rings is 1. The van der Waals surface area contributed by atoms with Crippen LogP contribution in [0, 0.1) is 13.8 Å².